The van der Waals surface area contributed by atoms with Crippen molar-refractivity contribution in [1.82, 2.24) is 20.4 Å². The van der Waals surface area contributed by atoms with Gasteiger partial charge in [0.25, 0.3) is 0 Å². The first-order valence-electron chi connectivity index (χ1n) is 8.55. The molecule has 2 rings (SSSR count). The lowest BCUT2D eigenvalue weighted by Gasteiger charge is -2.15. The van der Waals surface area contributed by atoms with Gasteiger partial charge in [-0.3, -0.25) is 14.3 Å². The molecule has 0 aliphatic heterocycles. The standard InChI is InChI=1S/C19H26N4O2/c1-14-11-16(3)23(22-14)13-15(2)21-18(24)9-10-20-19(25)12-17-7-5-4-6-8-17/h4-8,11,15H,9-10,12-13H2,1-3H3,(H,20,25)(H,21,24). The van der Waals surface area contributed by atoms with Crippen molar-refractivity contribution < 1.29 is 9.59 Å². The minimum absolute atomic E-state index is 0.0227. The Balaban J connectivity index is 1.66. The van der Waals surface area contributed by atoms with Crippen molar-refractivity contribution in [2.75, 3.05) is 6.54 Å². The molecular formula is C19H26N4O2. The Bertz CT molecular complexity index is 709. The highest BCUT2D eigenvalue weighted by molar-refractivity contribution is 5.80. The van der Waals surface area contributed by atoms with Crippen LogP contribution in [0.5, 0.6) is 0 Å². The van der Waals surface area contributed by atoms with Gasteiger partial charge in [-0.2, -0.15) is 5.10 Å². The number of carbonyl (C=O) groups is 2. The molecule has 25 heavy (non-hydrogen) atoms. The van der Waals surface area contributed by atoms with Crippen LogP contribution < -0.4 is 10.6 Å². The number of rotatable bonds is 8. The Kier molecular flexibility index (Phi) is 6.74. The molecule has 0 saturated carbocycles. The molecule has 0 aliphatic carbocycles. The molecule has 2 aromatic rings. The zero-order valence-electron chi connectivity index (χ0n) is 15.1. The van der Waals surface area contributed by atoms with Crippen LogP contribution in [0.15, 0.2) is 36.4 Å². The van der Waals surface area contributed by atoms with E-state index in [1.807, 2.05) is 61.9 Å². The summed E-state index contributed by atoms with van der Waals surface area (Å²) in [5, 5.41) is 10.1. The van der Waals surface area contributed by atoms with E-state index in [2.05, 4.69) is 15.7 Å². The number of carbonyl (C=O) groups excluding carboxylic acids is 2. The minimum Gasteiger partial charge on any atom is -0.355 e. The molecule has 0 fully saturated rings. The molecule has 1 aromatic heterocycles. The summed E-state index contributed by atoms with van der Waals surface area (Å²) in [6.07, 6.45) is 0.596. The summed E-state index contributed by atoms with van der Waals surface area (Å²) in [4.78, 5) is 23.8. The van der Waals surface area contributed by atoms with Gasteiger partial charge in [-0.05, 0) is 32.4 Å². The zero-order chi connectivity index (χ0) is 18.2. The third kappa shape index (κ3) is 6.41. The molecule has 6 heteroatoms. The van der Waals surface area contributed by atoms with Crippen molar-refractivity contribution in [2.45, 2.75) is 46.2 Å². The zero-order valence-corrected chi connectivity index (χ0v) is 15.1. The first-order valence-corrected chi connectivity index (χ1v) is 8.55. The van der Waals surface area contributed by atoms with Crippen LogP contribution in [0.3, 0.4) is 0 Å². The average Bonchev–Trinajstić information content (AvgIpc) is 2.85. The van der Waals surface area contributed by atoms with E-state index in [0.717, 1.165) is 17.0 Å². The lowest BCUT2D eigenvalue weighted by Crippen LogP contribution is -2.38. The second-order valence-electron chi connectivity index (χ2n) is 6.34. The van der Waals surface area contributed by atoms with Gasteiger partial charge in [-0.15, -0.1) is 0 Å². The van der Waals surface area contributed by atoms with Crippen molar-refractivity contribution in [2.24, 2.45) is 0 Å². The molecule has 0 spiro atoms. The molecule has 1 atom stereocenters. The van der Waals surface area contributed by atoms with Crippen LogP contribution in [0.1, 0.15) is 30.3 Å². The van der Waals surface area contributed by atoms with Crippen molar-refractivity contribution in [3.63, 3.8) is 0 Å². The van der Waals surface area contributed by atoms with Crippen LogP contribution in [0.2, 0.25) is 0 Å². The second-order valence-corrected chi connectivity index (χ2v) is 6.34. The number of hydrogen-bond acceptors (Lipinski definition) is 3. The van der Waals surface area contributed by atoms with E-state index in [1.54, 1.807) is 0 Å². The van der Waals surface area contributed by atoms with Gasteiger partial charge in [0, 0.05) is 24.7 Å². The summed E-state index contributed by atoms with van der Waals surface area (Å²) in [5.74, 6) is -0.149. The van der Waals surface area contributed by atoms with E-state index < -0.39 is 0 Å². The fourth-order valence-electron chi connectivity index (χ4n) is 2.67. The number of nitrogens with one attached hydrogen (secondary N) is 2. The second kappa shape index (κ2) is 9.01. The van der Waals surface area contributed by atoms with E-state index in [4.69, 9.17) is 0 Å². The average molecular weight is 342 g/mol. The van der Waals surface area contributed by atoms with E-state index in [9.17, 15) is 9.59 Å². The molecule has 2 amide bonds. The molecule has 0 aliphatic rings. The van der Waals surface area contributed by atoms with Gasteiger partial charge in [-0.1, -0.05) is 30.3 Å². The Labute approximate surface area is 148 Å². The summed E-state index contributed by atoms with van der Waals surface area (Å²) in [6, 6.07) is 11.5. The van der Waals surface area contributed by atoms with E-state index in [0.29, 0.717) is 19.5 Å². The van der Waals surface area contributed by atoms with Gasteiger partial charge in [0.2, 0.25) is 11.8 Å². The predicted octanol–water partition coefficient (Wildman–Crippen LogP) is 1.75. The van der Waals surface area contributed by atoms with Crippen molar-refractivity contribution in [3.05, 3.63) is 53.3 Å². The first-order chi connectivity index (χ1) is 11.9. The third-order valence-corrected chi connectivity index (χ3v) is 3.84. The number of hydrogen-bond donors (Lipinski definition) is 2. The maximum absolute atomic E-state index is 12.0. The van der Waals surface area contributed by atoms with Crippen LogP contribution in [0, 0.1) is 13.8 Å². The maximum atomic E-state index is 12.0. The number of aryl methyl sites for hydroxylation is 2. The Hall–Kier alpha value is -2.63. The number of amides is 2. The first kappa shape index (κ1) is 18.7. The van der Waals surface area contributed by atoms with Crippen LogP contribution in [0.25, 0.3) is 0 Å². The molecule has 134 valence electrons. The molecule has 2 N–H and O–H groups in total. The van der Waals surface area contributed by atoms with Gasteiger partial charge < -0.3 is 10.6 Å². The quantitative estimate of drug-likeness (QED) is 0.767. The molecular weight excluding hydrogens is 316 g/mol. The molecule has 0 bridgehead atoms. The molecule has 1 unspecified atom stereocenters. The van der Waals surface area contributed by atoms with Crippen LogP contribution in [0.4, 0.5) is 0 Å². The van der Waals surface area contributed by atoms with Crippen molar-refractivity contribution in [3.8, 4) is 0 Å². The summed E-state index contributed by atoms with van der Waals surface area (Å²) >= 11 is 0. The SMILES string of the molecule is Cc1cc(C)n(CC(C)NC(=O)CCNC(=O)Cc2ccccc2)n1. The maximum Gasteiger partial charge on any atom is 0.224 e. The largest absolute Gasteiger partial charge is 0.355 e. The smallest absolute Gasteiger partial charge is 0.224 e. The Morgan fingerprint density at radius 2 is 1.88 bits per heavy atom. The van der Waals surface area contributed by atoms with Crippen LogP contribution >= 0.6 is 0 Å². The van der Waals surface area contributed by atoms with Gasteiger partial charge in [0.1, 0.15) is 0 Å². The highest BCUT2D eigenvalue weighted by atomic mass is 16.2. The molecule has 6 nitrogen and oxygen atoms in total. The summed E-state index contributed by atoms with van der Waals surface area (Å²) < 4.78 is 1.89. The monoisotopic (exact) mass is 342 g/mol. The van der Waals surface area contributed by atoms with Gasteiger partial charge in [0.05, 0.1) is 18.7 Å². The Morgan fingerprint density at radius 1 is 1.16 bits per heavy atom. The Morgan fingerprint density at radius 3 is 2.52 bits per heavy atom. The molecule has 0 saturated heterocycles. The summed E-state index contributed by atoms with van der Waals surface area (Å²) in [7, 11) is 0. The normalized spacial score (nSPS) is 11.8. The van der Waals surface area contributed by atoms with Gasteiger partial charge in [0.15, 0.2) is 0 Å². The third-order valence-electron chi connectivity index (χ3n) is 3.84. The van der Waals surface area contributed by atoms with Crippen LogP contribution in [-0.4, -0.2) is 34.2 Å². The highest BCUT2D eigenvalue weighted by Gasteiger charge is 2.11. The van der Waals surface area contributed by atoms with E-state index in [-0.39, 0.29) is 24.3 Å². The number of benzene rings is 1. The molecule has 0 radical (unpaired) electrons. The predicted molar refractivity (Wildman–Crippen MR) is 97.1 cm³/mol. The van der Waals surface area contributed by atoms with Crippen LogP contribution in [-0.2, 0) is 22.6 Å². The van der Waals surface area contributed by atoms with Gasteiger partial charge in [-0.25, -0.2) is 0 Å². The van der Waals surface area contributed by atoms with Crippen molar-refractivity contribution in [1.29, 1.82) is 0 Å². The number of nitrogens with zero attached hydrogens (tertiary/aromatic N) is 2. The van der Waals surface area contributed by atoms with Crippen molar-refractivity contribution >= 4 is 11.8 Å². The highest BCUT2D eigenvalue weighted by Crippen LogP contribution is 2.03. The topological polar surface area (TPSA) is 76.0 Å². The fourth-order valence-corrected chi connectivity index (χ4v) is 2.67. The lowest BCUT2D eigenvalue weighted by atomic mass is 10.1. The van der Waals surface area contributed by atoms with E-state index >= 15 is 0 Å². The number of aromatic nitrogens is 2. The summed E-state index contributed by atoms with van der Waals surface area (Å²) in [6.45, 7) is 6.86. The molecule has 1 heterocycles. The summed E-state index contributed by atoms with van der Waals surface area (Å²) in [5.41, 5.74) is 3.01. The minimum atomic E-state index is -0.0750. The van der Waals surface area contributed by atoms with E-state index in [1.165, 1.54) is 0 Å². The lowest BCUT2D eigenvalue weighted by molar-refractivity contribution is -0.122. The molecule has 1 aromatic carbocycles. The fraction of sp³-hybridized carbons (Fsp3) is 0.421. The van der Waals surface area contributed by atoms with Gasteiger partial charge >= 0.3 is 0 Å².